The Morgan fingerprint density at radius 2 is 2.31 bits per heavy atom. The van der Waals surface area contributed by atoms with Crippen molar-refractivity contribution >= 4 is 11.8 Å². The van der Waals surface area contributed by atoms with Gasteiger partial charge in [0.25, 0.3) is 0 Å². The van der Waals surface area contributed by atoms with Crippen LogP contribution in [0.1, 0.15) is 39.5 Å². The summed E-state index contributed by atoms with van der Waals surface area (Å²) in [6.07, 6.45) is 2.87. The van der Waals surface area contributed by atoms with Crippen molar-refractivity contribution in [1.82, 2.24) is 0 Å². The fraction of sp³-hybridized carbons (Fsp3) is 0.800. The zero-order valence-corrected chi connectivity index (χ0v) is 8.21. The van der Waals surface area contributed by atoms with Gasteiger partial charge in [-0.2, -0.15) is 0 Å². The predicted octanol–water partition coefficient (Wildman–Crippen LogP) is 1.70. The van der Waals surface area contributed by atoms with E-state index in [1.165, 1.54) is 0 Å². The van der Waals surface area contributed by atoms with E-state index >= 15 is 0 Å². The molecule has 0 aromatic carbocycles. The lowest BCUT2D eigenvalue weighted by Crippen LogP contribution is -2.18. The lowest BCUT2D eigenvalue weighted by molar-refractivity contribution is -0.146. The molecule has 1 aliphatic heterocycles. The monoisotopic (exact) mass is 184 g/mol. The van der Waals surface area contributed by atoms with Crippen molar-refractivity contribution in [3.8, 4) is 0 Å². The lowest BCUT2D eigenvalue weighted by atomic mass is 9.97. The summed E-state index contributed by atoms with van der Waals surface area (Å²) < 4.78 is 4.92. The van der Waals surface area contributed by atoms with Crippen molar-refractivity contribution in [2.45, 2.75) is 45.6 Å². The average molecular weight is 184 g/mol. The molecule has 1 aliphatic rings. The second-order valence-electron chi connectivity index (χ2n) is 3.61. The molecule has 0 radical (unpaired) electrons. The fourth-order valence-electron chi connectivity index (χ4n) is 1.54. The van der Waals surface area contributed by atoms with Crippen LogP contribution in [0.15, 0.2) is 0 Å². The van der Waals surface area contributed by atoms with Gasteiger partial charge in [0.1, 0.15) is 17.8 Å². The van der Waals surface area contributed by atoms with Crippen LogP contribution in [0.2, 0.25) is 0 Å². The maximum atomic E-state index is 11.5. The molecule has 1 heterocycles. The quantitative estimate of drug-likeness (QED) is 0.493. The molecule has 1 rings (SSSR count). The minimum Gasteiger partial charge on any atom is -0.462 e. The second kappa shape index (κ2) is 4.40. The first-order valence-corrected chi connectivity index (χ1v) is 4.88. The van der Waals surface area contributed by atoms with Gasteiger partial charge in [0.15, 0.2) is 0 Å². The van der Waals surface area contributed by atoms with Crippen LogP contribution in [0.5, 0.6) is 0 Å². The molecule has 13 heavy (non-hydrogen) atoms. The molecule has 0 amide bonds. The van der Waals surface area contributed by atoms with E-state index in [1.807, 2.05) is 13.8 Å². The van der Waals surface area contributed by atoms with Crippen molar-refractivity contribution in [2.24, 2.45) is 5.92 Å². The largest absolute Gasteiger partial charge is 0.462 e. The number of hydrogen-bond acceptors (Lipinski definition) is 3. The van der Waals surface area contributed by atoms with Crippen LogP contribution in [0.3, 0.4) is 0 Å². The number of unbranched alkanes of at least 4 members (excludes halogenated alkanes) is 1. The Morgan fingerprint density at radius 1 is 1.62 bits per heavy atom. The summed E-state index contributed by atoms with van der Waals surface area (Å²) >= 11 is 0. The molecule has 1 saturated heterocycles. The number of hydrogen-bond donors (Lipinski definition) is 0. The molecule has 3 nitrogen and oxygen atoms in total. The third-order valence-electron chi connectivity index (χ3n) is 2.33. The van der Waals surface area contributed by atoms with Crippen LogP contribution >= 0.6 is 0 Å². The van der Waals surface area contributed by atoms with Crippen molar-refractivity contribution in [3.63, 3.8) is 0 Å². The summed E-state index contributed by atoms with van der Waals surface area (Å²) in [5.41, 5.74) is 0. The Kier molecular flexibility index (Phi) is 3.46. The molecule has 0 aromatic heterocycles. The molecule has 2 unspecified atom stereocenters. The average Bonchev–Trinajstić information content (AvgIpc) is 2.41. The standard InChI is InChI=1S/C10H16O3/c1-3-4-5-9(11)8-6-7(2)13-10(8)12/h7-8H,3-6H2,1-2H3. The molecular formula is C10H16O3. The smallest absolute Gasteiger partial charge is 0.316 e. The number of ether oxygens (including phenoxy) is 1. The summed E-state index contributed by atoms with van der Waals surface area (Å²) in [7, 11) is 0. The van der Waals surface area contributed by atoms with Crippen LogP contribution in [-0.2, 0) is 14.3 Å². The highest BCUT2D eigenvalue weighted by Gasteiger charge is 2.36. The van der Waals surface area contributed by atoms with E-state index in [0.717, 1.165) is 12.8 Å². The summed E-state index contributed by atoms with van der Waals surface area (Å²) in [5.74, 6) is -0.744. The van der Waals surface area contributed by atoms with Gasteiger partial charge in [0, 0.05) is 12.8 Å². The van der Waals surface area contributed by atoms with Gasteiger partial charge < -0.3 is 4.74 Å². The zero-order chi connectivity index (χ0) is 9.84. The van der Waals surface area contributed by atoms with Gasteiger partial charge in [0.05, 0.1) is 0 Å². The second-order valence-corrected chi connectivity index (χ2v) is 3.61. The van der Waals surface area contributed by atoms with Crippen molar-refractivity contribution in [3.05, 3.63) is 0 Å². The number of carbonyl (C=O) groups excluding carboxylic acids is 2. The molecule has 2 atom stereocenters. The first kappa shape index (κ1) is 10.2. The van der Waals surface area contributed by atoms with Gasteiger partial charge >= 0.3 is 5.97 Å². The Hall–Kier alpha value is -0.860. The number of ketones is 1. The first-order valence-electron chi connectivity index (χ1n) is 4.88. The van der Waals surface area contributed by atoms with Crippen LogP contribution < -0.4 is 0 Å². The molecule has 1 fully saturated rings. The van der Waals surface area contributed by atoms with Crippen LogP contribution in [-0.4, -0.2) is 17.9 Å². The molecule has 0 aliphatic carbocycles. The van der Waals surface area contributed by atoms with E-state index in [-0.39, 0.29) is 17.9 Å². The normalized spacial score (nSPS) is 27.4. The summed E-state index contributed by atoms with van der Waals surface area (Å²) in [4.78, 5) is 22.6. The summed E-state index contributed by atoms with van der Waals surface area (Å²) in [6, 6.07) is 0. The van der Waals surface area contributed by atoms with Crippen LogP contribution in [0.25, 0.3) is 0 Å². The Labute approximate surface area is 78.5 Å². The maximum Gasteiger partial charge on any atom is 0.316 e. The molecular weight excluding hydrogens is 168 g/mol. The number of rotatable bonds is 4. The van der Waals surface area contributed by atoms with Gasteiger partial charge in [0.2, 0.25) is 0 Å². The highest BCUT2D eigenvalue weighted by Crippen LogP contribution is 2.23. The van der Waals surface area contributed by atoms with Gasteiger partial charge in [-0.3, -0.25) is 9.59 Å². The molecule has 0 saturated carbocycles. The number of esters is 1. The first-order chi connectivity index (χ1) is 6.15. The molecule has 0 aromatic rings. The number of carbonyl (C=O) groups is 2. The Balaban J connectivity index is 2.43. The van der Waals surface area contributed by atoms with Gasteiger partial charge in [-0.25, -0.2) is 0 Å². The molecule has 74 valence electrons. The maximum absolute atomic E-state index is 11.5. The highest BCUT2D eigenvalue weighted by molar-refractivity contribution is 6.00. The highest BCUT2D eigenvalue weighted by atomic mass is 16.5. The van der Waals surface area contributed by atoms with E-state index < -0.39 is 5.92 Å². The van der Waals surface area contributed by atoms with Crippen LogP contribution in [0, 0.1) is 5.92 Å². The molecule has 0 spiro atoms. The molecule has 0 bridgehead atoms. The van der Waals surface area contributed by atoms with E-state index in [4.69, 9.17) is 4.74 Å². The lowest BCUT2D eigenvalue weighted by Gasteiger charge is -2.02. The van der Waals surface area contributed by atoms with E-state index in [0.29, 0.717) is 12.8 Å². The van der Waals surface area contributed by atoms with Crippen molar-refractivity contribution in [2.75, 3.05) is 0 Å². The molecule has 0 N–H and O–H groups in total. The summed E-state index contributed by atoms with van der Waals surface area (Å²) in [5, 5.41) is 0. The Morgan fingerprint density at radius 3 is 2.77 bits per heavy atom. The number of cyclic esters (lactones) is 1. The van der Waals surface area contributed by atoms with Crippen LogP contribution in [0.4, 0.5) is 0 Å². The van der Waals surface area contributed by atoms with E-state index in [1.54, 1.807) is 0 Å². The third kappa shape index (κ3) is 2.54. The fourth-order valence-corrected chi connectivity index (χ4v) is 1.54. The molecule has 3 heteroatoms. The Bertz CT molecular complexity index is 210. The number of Topliss-reactive ketones (excluding diaryl/α,β-unsaturated/α-hetero) is 1. The predicted molar refractivity (Wildman–Crippen MR) is 48.2 cm³/mol. The third-order valence-corrected chi connectivity index (χ3v) is 2.33. The van der Waals surface area contributed by atoms with Gasteiger partial charge in [-0.05, 0) is 13.3 Å². The van der Waals surface area contributed by atoms with Crippen molar-refractivity contribution < 1.29 is 14.3 Å². The van der Waals surface area contributed by atoms with Gasteiger partial charge in [-0.15, -0.1) is 0 Å². The SMILES string of the molecule is CCCCC(=O)C1CC(C)OC1=O. The minimum atomic E-state index is -0.471. The minimum absolute atomic E-state index is 0.0520. The van der Waals surface area contributed by atoms with Gasteiger partial charge in [-0.1, -0.05) is 13.3 Å². The van der Waals surface area contributed by atoms with Crippen molar-refractivity contribution in [1.29, 1.82) is 0 Å². The topological polar surface area (TPSA) is 43.4 Å². The zero-order valence-electron chi connectivity index (χ0n) is 8.21. The van der Waals surface area contributed by atoms with E-state index in [2.05, 4.69) is 0 Å². The van der Waals surface area contributed by atoms with E-state index in [9.17, 15) is 9.59 Å². The summed E-state index contributed by atoms with van der Waals surface area (Å²) in [6.45, 7) is 3.86.